The van der Waals surface area contributed by atoms with E-state index < -0.39 is 0 Å². The van der Waals surface area contributed by atoms with Gasteiger partial charge in [0.2, 0.25) is 5.91 Å². The Labute approximate surface area is 114 Å². The Kier molecular flexibility index (Phi) is 4.24. The van der Waals surface area contributed by atoms with E-state index in [1.165, 1.54) is 0 Å². The molecule has 2 N–H and O–H groups in total. The van der Waals surface area contributed by atoms with Gasteiger partial charge in [-0.2, -0.15) is 0 Å². The van der Waals surface area contributed by atoms with Gasteiger partial charge < -0.3 is 15.2 Å². The summed E-state index contributed by atoms with van der Waals surface area (Å²) in [5, 5.41) is 0. The van der Waals surface area contributed by atoms with Crippen LogP contribution in [0.4, 0.5) is 0 Å². The molecule has 1 aliphatic heterocycles. The number of aryl methyl sites for hydroxylation is 1. The molecule has 106 valence electrons. The van der Waals surface area contributed by atoms with Crippen molar-refractivity contribution in [1.29, 1.82) is 0 Å². The second-order valence-corrected chi connectivity index (χ2v) is 5.69. The first-order valence-corrected chi connectivity index (χ1v) is 7.09. The fourth-order valence-corrected chi connectivity index (χ4v) is 2.81. The maximum atomic E-state index is 12.2. The van der Waals surface area contributed by atoms with E-state index >= 15 is 0 Å². The molecule has 0 aliphatic carbocycles. The van der Waals surface area contributed by atoms with Gasteiger partial charge in [-0.15, -0.1) is 0 Å². The molecule has 0 spiro atoms. The summed E-state index contributed by atoms with van der Waals surface area (Å²) in [7, 11) is 0. The molecule has 0 radical (unpaired) electrons. The zero-order valence-electron chi connectivity index (χ0n) is 12.0. The first-order chi connectivity index (χ1) is 9.04. The van der Waals surface area contributed by atoms with E-state index in [9.17, 15) is 4.79 Å². The minimum atomic E-state index is -0.0360. The zero-order valence-corrected chi connectivity index (χ0v) is 12.0. The maximum Gasteiger partial charge on any atom is 0.223 e. The first-order valence-electron chi connectivity index (χ1n) is 7.09. The topological polar surface area (TPSA) is 64.2 Å². The fraction of sp³-hybridized carbons (Fsp3) is 0.714. The first kappa shape index (κ1) is 14.1. The van der Waals surface area contributed by atoms with Gasteiger partial charge in [0.15, 0.2) is 0 Å². The number of amides is 1. The van der Waals surface area contributed by atoms with Crippen LogP contribution in [0.15, 0.2) is 12.5 Å². The van der Waals surface area contributed by atoms with E-state index in [1.54, 1.807) is 0 Å². The van der Waals surface area contributed by atoms with E-state index in [0.29, 0.717) is 12.3 Å². The predicted octanol–water partition coefficient (Wildman–Crippen LogP) is 1.55. The lowest BCUT2D eigenvalue weighted by atomic mass is 9.93. The zero-order chi connectivity index (χ0) is 14.0. The highest BCUT2D eigenvalue weighted by Crippen LogP contribution is 2.31. The van der Waals surface area contributed by atoms with Crippen LogP contribution < -0.4 is 5.73 Å². The van der Waals surface area contributed by atoms with Crippen molar-refractivity contribution in [2.75, 3.05) is 6.54 Å². The molecule has 1 aromatic rings. The molecule has 1 aliphatic rings. The molecule has 2 atom stereocenters. The van der Waals surface area contributed by atoms with Crippen molar-refractivity contribution in [2.45, 2.75) is 52.2 Å². The van der Waals surface area contributed by atoms with Crippen molar-refractivity contribution in [3.63, 3.8) is 0 Å². The van der Waals surface area contributed by atoms with E-state index in [4.69, 9.17) is 5.73 Å². The average Bonchev–Trinajstić information content (AvgIpc) is 2.81. The lowest BCUT2D eigenvalue weighted by Gasteiger charge is -2.40. The number of imidazole rings is 1. The molecule has 1 amide bonds. The van der Waals surface area contributed by atoms with Gasteiger partial charge >= 0.3 is 0 Å². The number of hydrogen-bond acceptors (Lipinski definition) is 3. The minimum Gasteiger partial charge on any atom is -0.333 e. The Morgan fingerprint density at radius 1 is 1.53 bits per heavy atom. The highest BCUT2D eigenvalue weighted by Gasteiger charge is 2.36. The number of aromatic nitrogens is 2. The molecule has 2 heterocycles. The number of rotatable bonds is 4. The van der Waals surface area contributed by atoms with Gasteiger partial charge in [0.1, 0.15) is 0 Å². The number of nitrogens with zero attached hydrogens (tertiary/aromatic N) is 3. The van der Waals surface area contributed by atoms with Crippen molar-refractivity contribution in [2.24, 2.45) is 11.7 Å². The van der Waals surface area contributed by atoms with Gasteiger partial charge in [-0.25, -0.2) is 4.98 Å². The summed E-state index contributed by atoms with van der Waals surface area (Å²) in [6.07, 6.45) is 4.98. The quantitative estimate of drug-likeness (QED) is 0.897. The molecule has 5 heteroatoms. The highest BCUT2D eigenvalue weighted by atomic mass is 16.2. The maximum absolute atomic E-state index is 12.2. The molecular formula is C14H24N4O. The Bertz CT molecular complexity index is 440. The second kappa shape index (κ2) is 5.74. The summed E-state index contributed by atoms with van der Waals surface area (Å²) in [5.41, 5.74) is 7.35. The molecule has 19 heavy (non-hydrogen) atoms. The van der Waals surface area contributed by atoms with Gasteiger partial charge in [-0.3, -0.25) is 4.79 Å². The Balaban J connectivity index is 2.33. The van der Waals surface area contributed by atoms with E-state index in [1.807, 2.05) is 17.4 Å². The Hall–Kier alpha value is -1.36. The summed E-state index contributed by atoms with van der Waals surface area (Å²) >= 11 is 0. The van der Waals surface area contributed by atoms with E-state index in [-0.39, 0.29) is 18.0 Å². The minimum absolute atomic E-state index is 0.00144. The molecule has 1 saturated heterocycles. The summed E-state index contributed by atoms with van der Waals surface area (Å²) in [4.78, 5) is 18.4. The number of nitrogens with two attached hydrogens (primary N) is 1. The van der Waals surface area contributed by atoms with Crippen molar-refractivity contribution >= 4 is 5.91 Å². The SMILES string of the molecule is CCn1cncc1C1C(N)CCC(=O)N1CC(C)C. The molecule has 2 rings (SSSR count). The van der Waals surface area contributed by atoms with Gasteiger partial charge in [0, 0.05) is 25.6 Å². The van der Waals surface area contributed by atoms with Crippen molar-refractivity contribution in [3.05, 3.63) is 18.2 Å². The number of likely N-dealkylation sites (tertiary alicyclic amines) is 1. The van der Waals surface area contributed by atoms with Crippen LogP contribution in [-0.4, -0.2) is 32.9 Å². The Morgan fingerprint density at radius 2 is 2.26 bits per heavy atom. The molecular weight excluding hydrogens is 240 g/mol. The summed E-state index contributed by atoms with van der Waals surface area (Å²) < 4.78 is 2.08. The van der Waals surface area contributed by atoms with Gasteiger partial charge in [-0.1, -0.05) is 13.8 Å². The van der Waals surface area contributed by atoms with E-state index in [0.717, 1.165) is 25.2 Å². The third kappa shape index (κ3) is 2.81. The molecule has 5 nitrogen and oxygen atoms in total. The normalized spacial score (nSPS) is 24.3. The summed E-state index contributed by atoms with van der Waals surface area (Å²) in [5.74, 6) is 0.652. The predicted molar refractivity (Wildman–Crippen MR) is 74.4 cm³/mol. The fourth-order valence-electron chi connectivity index (χ4n) is 2.81. The van der Waals surface area contributed by atoms with Crippen molar-refractivity contribution in [1.82, 2.24) is 14.5 Å². The van der Waals surface area contributed by atoms with Crippen molar-refractivity contribution < 1.29 is 4.79 Å². The highest BCUT2D eigenvalue weighted by molar-refractivity contribution is 5.77. The third-order valence-electron chi connectivity index (χ3n) is 3.70. The number of piperidine rings is 1. The standard InChI is InChI=1S/C14H24N4O/c1-4-17-9-16-7-12(17)14-11(15)5-6-13(19)18(14)8-10(2)3/h7,9-11,14H,4-6,8,15H2,1-3H3. The summed E-state index contributed by atoms with van der Waals surface area (Å²) in [6, 6.07) is -0.0375. The summed E-state index contributed by atoms with van der Waals surface area (Å²) in [6.45, 7) is 7.94. The lowest BCUT2D eigenvalue weighted by Crippen LogP contribution is -2.50. The van der Waals surface area contributed by atoms with Crippen LogP contribution in [0, 0.1) is 5.92 Å². The number of carbonyl (C=O) groups excluding carboxylic acids is 1. The lowest BCUT2D eigenvalue weighted by molar-refractivity contribution is -0.138. The molecule has 1 fully saturated rings. The van der Waals surface area contributed by atoms with Crippen molar-refractivity contribution in [3.8, 4) is 0 Å². The smallest absolute Gasteiger partial charge is 0.223 e. The molecule has 2 unspecified atom stereocenters. The molecule has 0 bridgehead atoms. The molecule has 0 aromatic carbocycles. The Morgan fingerprint density at radius 3 is 2.89 bits per heavy atom. The van der Waals surface area contributed by atoms with Crippen LogP contribution >= 0.6 is 0 Å². The largest absolute Gasteiger partial charge is 0.333 e. The van der Waals surface area contributed by atoms with Gasteiger partial charge in [-0.05, 0) is 19.3 Å². The van der Waals surface area contributed by atoms with Crippen LogP contribution in [0.25, 0.3) is 0 Å². The third-order valence-corrected chi connectivity index (χ3v) is 3.70. The molecule has 0 saturated carbocycles. The van der Waals surface area contributed by atoms with E-state index in [2.05, 4.69) is 30.3 Å². The van der Waals surface area contributed by atoms with Crippen LogP contribution in [-0.2, 0) is 11.3 Å². The average molecular weight is 264 g/mol. The second-order valence-electron chi connectivity index (χ2n) is 5.69. The monoisotopic (exact) mass is 264 g/mol. The van der Waals surface area contributed by atoms with Crippen LogP contribution in [0.5, 0.6) is 0 Å². The number of carbonyl (C=O) groups is 1. The van der Waals surface area contributed by atoms with Crippen LogP contribution in [0.1, 0.15) is 45.3 Å². The van der Waals surface area contributed by atoms with Crippen LogP contribution in [0.3, 0.4) is 0 Å². The molecule has 1 aromatic heterocycles. The van der Waals surface area contributed by atoms with Gasteiger partial charge in [0.25, 0.3) is 0 Å². The number of hydrogen-bond donors (Lipinski definition) is 1. The van der Waals surface area contributed by atoms with Gasteiger partial charge in [0.05, 0.1) is 24.3 Å². The van der Waals surface area contributed by atoms with Crippen LogP contribution in [0.2, 0.25) is 0 Å².